The van der Waals surface area contributed by atoms with Crippen LogP contribution in [0.1, 0.15) is 43.1 Å². The average molecular weight is 229 g/mol. The second-order valence-electron chi connectivity index (χ2n) is 4.05. The molecule has 0 fully saturated rings. The third-order valence-corrected chi connectivity index (χ3v) is 2.31. The molecular formula is C9H15N3O2S. The summed E-state index contributed by atoms with van der Waals surface area (Å²) in [6, 6.07) is 0. The van der Waals surface area contributed by atoms with Crippen LogP contribution in [0.2, 0.25) is 0 Å². The first-order chi connectivity index (χ1) is 6.94. The Labute approximate surface area is 93.0 Å². The highest BCUT2D eigenvalue weighted by Gasteiger charge is 2.18. The van der Waals surface area contributed by atoms with Crippen molar-refractivity contribution in [3.05, 3.63) is 10.6 Å². The zero-order valence-corrected chi connectivity index (χ0v) is 10.1. The molecule has 0 spiro atoms. The van der Waals surface area contributed by atoms with E-state index in [-0.39, 0.29) is 5.91 Å². The summed E-state index contributed by atoms with van der Waals surface area (Å²) in [6.45, 7) is 7.51. The van der Waals surface area contributed by atoms with Crippen LogP contribution < -0.4 is 5.48 Å². The van der Waals surface area contributed by atoms with Crippen molar-refractivity contribution < 1.29 is 9.63 Å². The van der Waals surface area contributed by atoms with Gasteiger partial charge in [-0.3, -0.25) is 9.63 Å². The molecule has 0 saturated carbocycles. The van der Waals surface area contributed by atoms with Gasteiger partial charge in [0.15, 0.2) is 0 Å². The normalized spacial score (nSPS) is 11.5. The summed E-state index contributed by atoms with van der Waals surface area (Å²) in [5, 5.41) is 3.85. The minimum absolute atomic E-state index is 0.281. The number of carbonyl (C=O) groups is 1. The molecule has 1 aromatic rings. The van der Waals surface area contributed by atoms with E-state index in [2.05, 4.69) is 15.1 Å². The van der Waals surface area contributed by atoms with Crippen molar-refractivity contribution in [1.29, 1.82) is 0 Å². The van der Waals surface area contributed by atoms with Crippen molar-refractivity contribution in [2.45, 2.75) is 39.7 Å². The van der Waals surface area contributed by atoms with Crippen molar-refractivity contribution in [2.75, 3.05) is 0 Å². The fourth-order valence-electron chi connectivity index (χ4n) is 0.858. The second kappa shape index (κ2) is 4.67. The van der Waals surface area contributed by atoms with Crippen LogP contribution >= 0.6 is 11.5 Å². The van der Waals surface area contributed by atoms with Crippen molar-refractivity contribution in [2.24, 2.45) is 0 Å². The molecule has 6 heteroatoms. The zero-order chi connectivity index (χ0) is 11.5. The molecule has 84 valence electrons. The predicted octanol–water partition coefficient (Wildman–Crippen LogP) is 1.56. The van der Waals surface area contributed by atoms with Gasteiger partial charge in [-0.2, -0.15) is 0 Å². The zero-order valence-electron chi connectivity index (χ0n) is 9.33. The molecule has 1 aromatic heterocycles. The Kier molecular flexibility index (Phi) is 3.76. The molecule has 0 radical (unpaired) electrons. The van der Waals surface area contributed by atoms with Crippen molar-refractivity contribution in [3.8, 4) is 0 Å². The van der Waals surface area contributed by atoms with Gasteiger partial charge in [0, 0.05) is 0 Å². The number of hydroxylamine groups is 1. The maximum absolute atomic E-state index is 11.6. The lowest BCUT2D eigenvalue weighted by molar-refractivity contribution is -0.0588. The molecule has 15 heavy (non-hydrogen) atoms. The lowest BCUT2D eigenvalue weighted by Gasteiger charge is -2.18. The summed E-state index contributed by atoms with van der Waals surface area (Å²) < 4.78 is 3.73. The van der Waals surface area contributed by atoms with Crippen LogP contribution in [0.5, 0.6) is 0 Å². The Hall–Kier alpha value is -1.01. The molecular weight excluding hydrogens is 214 g/mol. The maximum Gasteiger partial charge on any atom is 0.288 e. The van der Waals surface area contributed by atoms with Crippen LogP contribution in [0.3, 0.4) is 0 Å². The highest BCUT2D eigenvalue weighted by atomic mass is 32.1. The van der Waals surface area contributed by atoms with E-state index >= 15 is 0 Å². The van der Waals surface area contributed by atoms with Gasteiger partial charge in [0.05, 0.1) is 11.3 Å². The summed E-state index contributed by atoms with van der Waals surface area (Å²) >= 11 is 1.08. The molecule has 0 saturated heterocycles. The highest BCUT2D eigenvalue weighted by molar-refractivity contribution is 7.07. The van der Waals surface area contributed by atoms with Gasteiger partial charge in [-0.25, -0.2) is 5.48 Å². The Morgan fingerprint density at radius 1 is 1.53 bits per heavy atom. The second-order valence-corrected chi connectivity index (χ2v) is 4.80. The SMILES string of the molecule is CCc1nnsc1C(=O)NOC(C)(C)C. The van der Waals surface area contributed by atoms with E-state index in [9.17, 15) is 4.79 Å². The Balaban J connectivity index is 2.62. The number of nitrogens with one attached hydrogen (secondary N) is 1. The van der Waals surface area contributed by atoms with Gasteiger partial charge in [-0.05, 0) is 38.7 Å². The number of carbonyl (C=O) groups excluding carboxylic acids is 1. The number of hydrogen-bond donors (Lipinski definition) is 1. The van der Waals surface area contributed by atoms with Crippen molar-refractivity contribution in [1.82, 2.24) is 15.1 Å². The molecule has 0 bridgehead atoms. The first-order valence-electron chi connectivity index (χ1n) is 4.73. The molecule has 5 nitrogen and oxygen atoms in total. The number of aryl methyl sites for hydroxylation is 1. The fraction of sp³-hybridized carbons (Fsp3) is 0.667. The van der Waals surface area contributed by atoms with Crippen LogP contribution in [0.15, 0.2) is 0 Å². The summed E-state index contributed by atoms with van der Waals surface area (Å²) in [5.41, 5.74) is 2.69. The number of hydrogen-bond acceptors (Lipinski definition) is 5. The van der Waals surface area contributed by atoms with E-state index in [1.807, 2.05) is 27.7 Å². The number of nitrogens with zero attached hydrogens (tertiary/aromatic N) is 2. The molecule has 1 rings (SSSR count). The van der Waals surface area contributed by atoms with E-state index < -0.39 is 5.60 Å². The fourth-order valence-corrected chi connectivity index (χ4v) is 1.49. The monoisotopic (exact) mass is 229 g/mol. The predicted molar refractivity (Wildman–Crippen MR) is 57.6 cm³/mol. The third kappa shape index (κ3) is 3.56. The minimum atomic E-state index is -0.403. The van der Waals surface area contributed by atoms with Gasteiger partial charge in [0.1, 0.15) is 4.88 Å². The molecule has 0 atom stereocenters. The molecule has 0 aliphatic carbocycles. The quantitative estimate of drug-likeness (QED) is 0.799. The highest BCUT2D eigenvalue weighted by Crippen LogP contribution is 2.12. The van der Waals surface area contributed by atoms with Crippen LogP contribution in [0.4, 0.5) is 0 Å². The van der Waals surface area contributed by atoms with Crippen LogP contribution in [-0.4, -0.2) is 21.1 Å². The summed E-state index contributed by atoms with van der Waals surface area (Å²) in [7, 11) is 0. The maximum atomic E-state index is 11.6. The molecule has 0 unspecified atom stereocenters. The van der Waals surface area contributed by atoms with E-state index in [0.717, 1.165) is 11.5 Å². The lowest BCUT2D eigenvalue weighted by Crippen LogP contribution is -2.33. The van der Waals surface area contributed by atoms with Gasteiger partial charge in [0.2, 0.25) is 0 Å². The average Bonchev–Trinajstić information content (AvgIpc) is 2.60. The van der Waals surface area contributed by atoms with Gasteiger partial charge in [-0.1, -0.05) is 11.4 Å². The van der Waals surface area contributed by atoms with E-state index in [4.69, 9.17) is 4.84 Å². The molecule has 1 heterocycles. The lowest BCUT2D eigenvalue weighted by atomic mass is 10.2. The van der Waals surface area contributed by atoms with E-state index in [1.165, 1.54) is 0 Å². The summed E-state index contributed by atoms with van der Waals surface area (Å²) in [6.07, 6.45) is 0.689. The molecule has 0 aliphatic rings. The first kappa shape index (κ1) is 12.1. The van der Waals surface area contributed by atoms with Crippen molar-refractivity contribution >= 4 is 17.4 Å². The molecule has 1 N–H and O–H groups in total. The molecule has 0 aromatic carbocycles. The smallest absolute Gasteiger partial charge is 0.268 e. The van der Waals surface area contributed by atoms with Crippen LogP contribution in [0.25, 0.3) is 0 Å². The van der Waals surface area contributed by atoms with Gasteiger partial charge < -0.3 is 0 Å². The summed E-state index contributed by atoms with van der Waals surface area (Å²) in [5.74, 6) is -0.281. The largest absolute Gasteiger partial charge is 0.288 e. The summed E-state index contributed by atoms with van der Waals surface area (Å²) in [4.78, 5) is 17.3. The third-order valence-electron chi connectivity index (χ3n) is 1.55. The topological polar surface area (TPSA) is 64.1 Å². The van der Waals surface area contributed by atoms with Gasteiger partial charge >= 0.3 is 0 Å². The standard InChI is InChI=1S/C9H15N3O2S/c1-5-6-7(15-12-10-6)8(13)11-14-9(2,3)4/h5H2,1-4H3,(H,11,13). The van der Waals surface area contributed by atoms with Crippen LogP contribution in [0, 0.1) is 0 Å². The Morgan fingerprint density at radius 2 is 2.20 bits per heavy atom. The van der Waals surface area contributed by atoms with E-state index in [0.29, 0.717) is 17.0 Å². The minimum Gasteiger partial charge on any atom is -0.268 e. The molecule has 1 amide bonds. The molecule has 0 aliphatic heterocycles. The number of aromatic nitrogens is 2. The van der Waals surface area contributed by atoms with Gasteiger partial charge in [0.25, 0.3) is 5.91 Å². The van der Waals surface area contributed by atoms with Crippen molar-refractivity contribution in [3.63, 3.8) is 0 Å². The van der Waals surface area contributed by atoms with Gasteiger partial charge in [-0.15, -0.1) is 5.10 Å². The van der Waals surface area contributed by atoms with Crippen LogP contribution in [-0.2, 0) is 11.3 Å². The first-order valence-corrected chi connectivity index (χ1v) is 5.51. The van der Waals surface area contributed by atoms with E-state index in [1.54, 1.807) is 0 Å². The number of rotatable bonds is 3. The Morgan fingerprint density at radius 3 is 2.73 bits per heavy atom. The number of amides is 1. The Bertz CT molecular complexity index is 343.